The fourth-order valence-electron chi connectivity index (χ4n) is 1.81. The summed E-state index contributed by atoms with van der Waals surface area (Å²) in [7, 11) is 0. The summed E-state index contributed by atoms with van der Waals surface area (Å²) in [5.74, 6) is -3.01. The van der Waals surface area contributed by atoms with Crippen LogP contribution < -0.4 is 5.32 Å². The SMILES string of the molecule is O=C(Cc1c(F)cccc1F)Nc1ccc(O)c([N+](=O)[O-])c1. The highest BCUT2D eigenvalue weighted by molar-refractivity contribution is 5.92. The molecule has 1 amide bonds. The third-order valence-corrected chi connectivity index (χ3v) is 2.85. The van der Waals surface area contributed by atoms with E-state index < -0.39 is 45.9 Å². The van der Waals surface area contributed by atoms with Crippen molar-refractivity contribution in [1.29, 1.82) is 0 Å². The maximum atomic E-state index is 13.4. The van der Waals surface area contributed by atoms with Gasteiger partial charge in [0.15, 0.2) is 5.75 Å². The Morgan fingerprint density at radius 3 is 2.45 bits per heavy atom. The van der Waals surface area contributed by atoms with E-state index in [-0.39, 0.29) is 5.69 Å². The molecule has 6 nitrogen and oxygen atoms in total. The van der Waals surface area contributed by atoms with Gasteiger partial charge < -0.3 is 10.4 Å². The van der Waals surface area contributed by atoms with Gasteiger partial charge in [-0.05, 0) is 24.3 Å². The Bertz CT molecular complexity index is 729. The summed E-state index contributed by atoms with van der Waals surface area (Å²) in [4.78, 5) is 21.6. The predicted octanol–water partition coefficient (Wildman–Crippen LogP) is 2.76. The van der Waals surface area contributed by atoms with Gasteiger partial charge in [-0.1, -0.05) is 6.07 Å². The van der Waals surface area contributed by atoms with E-state index in [9.17, 15) is 28.8 Å². The van der Waals surface area contributed by atoms with E-state index in [4.69, 9.17) is 0 Å². The Balaban J connectivity index is 2.16. The number of carbonyl (C=O) groups is 1. The van der Waals surface area contributed by atoms with Gasteiger partial charge >= 0.3 is 5.69 Å². The Hall–Kier alpha value is -3.03. The topological polar surface area (TPSA) is 92.5 Å². The Morgan fingerprint density at radius 1 is 1.23 bits per heavy atom. The van der Waals surface area contributed by atoms with E-state index in [0.29, 0.717) is 0 Å². The molecule has 8 heteroatoms. The molecule has 114 valence electrons. The summed E-state index contributed by atoms with van der Waals surface area (Å²) in [5.41, 5.74) is -0.950. The lowest BCUT2D eigenvalue weighted by Crippen LogP contribution is -2.16. The van der Waals surface area contributed by atoms with Gasteiger partial charge in [0.25, 0.3) is 0 Å². The second-order valence-electron chi connectivity index (χ2n) is 4.39. The number of phenolic OH excluding ortho intramolecular Hbond substituents is 1. The molecule has 0 atom stereocenters. The van der Waals surface area contributed by atoms with Crippen molar-refractivity contribution in [2.45, 2.75) is 6.42 Å². The average Bonchev–Trinajstić information content (AvgIpc) is 2.45. The molecule has 0 saturated heterocycles. The number of amides is 1. The first-order chi connectivity index (χ1) is 10.4. The van der Waals surface area contributed by atoms with Crippen LogP contribution in [0.4, 0.5) is 20.2 Å². The van der Waals surface area contributed by atoms with Gasteiger partial charge in [0.1, 0.15) is 11.6 Å². The number of phenols is 1. The van der Waals surface area contributed by atoms with Gasteiger partial charge in [0.2, 0.25) is 5.91 Å². The summed E-state index contributed by atoms with van der Waals surface area (Å²) < 4.78 is 26.9. The highest BCUT2D eigenvalue weighted by Crippen LogP contribution is 2.28. The minimum Gasteiger partial charge on any atom is -0.502 e. The van der Waals surface area contributed by atoms with E-state index in [1.165, 1.54) is 12.1 Å². The number of anilines is 1. The molecule has 0 unspecified atom stereocenters. The molecule has 2 aromatic rings. The van der Waals surface area contributed by atoms with Crippen LogP contribution in [0.15, 0.2) is 36.4 Å². The molecular weight excluding hydrogens is 298 g/mol. The zero-order valence-electron chi connectivity index (χ0n) is 11.0. The van der Waals surface area contributed by atoms with E-state index >= 15 is 0 Å². The number of nitrogens with zero attached hydrogens (tertiary/aromatic N) is 1. The monoisotopic (exact) mass is 308 g/mol. The van der Waals surface area contributed by atoms with E-state index in [0.717, 1.165) is 24.3 Å². The quantitative estimate of drug-likeness (QED) is 0.516. The summed E-state index contributed by atoms with van der Waals surface area (Å²) in [6.45, 7) is 0. The molecule has 0 aliphatic rings. The number of hydrogen-bond donors (Lipinski definition) is 2. The molecule has 0 radical (unpaired) electrons. The number of nitro benzene ring substituents is 1. The number of aromatic hydroxyl groups is 1. The maximum absolute atomic E-state index is 13.4. The van der Waals surface area contributed by atoms with Crippen LogP contribution in [0, 0.1) is 21.7 Å². The van der Waals surface area contributed by atoms with E-state index in [2.05, 4.69) is 5.32 Å². The van der Waals surface area contributed by atoms with E-state index in [1.807, 2.05) is 0 Å². The molecule has 0 saturated carbocycles. The smallest absolute Gasteiger partial charge is 0.312 e. The molecule has 0 aliphatic carbocycles. The number of carbonyl (C=O) groups excluding carboxylic acids is 1. The third-order valence-electron chi connectivity index (χ3n) is 2.85. The van der Waals surface area contributed by atoms with Crippen molar-refractivity contribution in [3.63, 3.8) is 0 Å². The second-order valence-corrected chi connectivity index (χ2v) is 4.39. The van der Waals surface area contributed by atoms with Crippen LogP contribution in [0.3, 0.4) is 0 Å². The molecule has 0 fully saturated rings. The van der Waals surface area contributed by atoms with Gasteiger partial charge in [-0.25, -0.2) is 8.78 Å². The van der Waals surface area contributed by atoms with Crippen molar-refractivity contribution in [3.8, 4) is 5.75 Å². The number of rotatable bonds is 4. The number of nitrogens with one attached hydrogen (secondary N) is 1. The molecule has 0 bridgehead atoms. The van der Waals surface area contributed by atoms with Gasteiger partial charge in [0.05, 0.1) is 11.3 Å². The maximum Gasteiger partial charge on any atom is 0.312 e. The zero-order chi connectivity index (χ0) is 16.3. The lowest BCUT2D eigenvalue weighted by Gasteiger charge is -2.07. The Labute approximate surface area is 123 Å². The van der Waals surface area contributed by atoms with Crippen molar-refractivity contribution < 1.29 is 23.6 Å². The number of halogens is 2. The fraction of sp³-hybridized carbons (Fsp3) is 0.0714. The van der Waals surface area contributed by atoms with Gasteiger partial charge in [-0.3, -0.25) is 14.9 Å². The first kappa shape index (κ1) is 15.4. The number of benzene rings is 2. The minimum absolute atomic E-state index is 0.0336. The molecule has 2 N–H and O–H groups in total. The lowest BCUT2D eigenvalue weighted by atomic mass is 10.1. The summed E-state index contributed by atoms with van der Waals surface area (Å²) in [6, 6.07) is 6.45. The van der Waals surface area contributed by atoms with Crippen LogP contribution in [0.1, 0.15) is 5.56 Å². The van der Waals surface area contributed by atoms with Crippen LogP contribution in [-0.4, -0.2) is 15.9 Å². The standard InChI is InChI=1S/C14H10F2N2O4/c15-10-2-1-3-11(16)9(10)7-14(20)17-8-4-5-13(19)12(6-8)18(21)22/h1-6,19H,7H2,(H,17,20). The van der Waals surface area contributed by atoms with Gasteiger partial charge in [0, 0.05) is 17.3 Å². The fourth-order valence-corrected chi connectivity index (χ4v) is 1.81. The van der Waals surface area contributed by atoms with Crippen molar-refractivity contribution in [2.75, 3.05) is 5.32 Å². The van der Waals surface area contributed by atoms with Crippen molar-refractivity contribution in [3.05, 3.63) is 63.7 Å². The highest BCUT2D eigenvalue weighted by Gasteiger charge is 2.16. The zero-order valence-corrected chi connectivity index (χ0v) is 11.0. The molecule has 0 aromatic heterocycles. The minimum atomic E-state index is -0.855. The molecule has 0 heterocycles. The molecule has 0 spiro atoms. The molecule has 2 aromatic carbocycles. The predicted molar refractivity (Wildman–Crippen MR) is 73.5 cm³/mol. The number of nitro groups is 1. The largest absolute Gasteiger partial charge is 0.502 e. The van der Waals surface area contributed by atoms with E-state index in [1.54, 1.807) is 0 Å². The van der Waals surface area contributed by atoms with Crippen LogP contribution in [-0.2, 0) is 11.2 Å². The molecular formula is C14H10F2N2O4. The highest BCUT2D eigenvalue weighted by atomic mass is 19.1. The van der Waals surface area contributed by atoms with Crippen LogP contribution in [0.2, 0.25) is 0 Å². The normalized spacial score (nSPS) is 10.3. The molecule has 2 rings (SSSR count). The van der Waals surface area contributed by atoms with Crippen LogP contribution in [0.25, 0.3) is 0 Å². The average molecular weight is 308 g/mol. The second kappa shape index (κ2) is 6.17. The summed E-state index contributed by atoms with van der Waals surface area (Å²) >= 11 is 0. The Morgan fingerprint density at radius 2 is 1.86 bits per heavy atom. The van der Waals surface area contributed by atoms with Crippen molar-refractivity contribution in [2.24, 2.45) is 0 Å². The number of hydrogen-bond acceptors (Lipinski definition) is 4. The summed E-state index contributed by atoms with van der Waals surface area (Å²) in [5, 5.41) is 22.2. The van der Waals surface area contributed by atoms with Gasteiger partial charge in [-0.2, -0.15) is 0 Å². The summed E-state index contributed by atoms with van der Waals surface area (Å²) in [6.07, 6.45) is -0.562. The molecule has 22 heavy (non-hydrogen) atoms. The first-order valence-corrected chi connectivity index (χ1v) is 6.08. The lowest BCUT2D eigenvalue weighted by molar-refractivity contribution is -0.385. The van der Waals surface area contributed by atoms with Crippen molar-refractivity contribution in [1.82, 2.24) is 0 Å². The van der Waals surface area contributed by atoms with Crippen molar-refractivity contribution >= 4 is 17.3 Å². The first-order valence-electron chi connectivity index (χ1n) is 6.08. The third kappa shape index (κ3) is 3.35. The Kier molecular flexibility index (Phi) is 4.31. The van der Waals surface area contributed by atoms with Crippen LogP contribution >= 0.6 is 0 Å². The molecule has 0 aliphatic heterocycles. The van der Waals surface area contributed by atoms with Gasteiger partial charge in [-0.15, -0.1) is 0 Å². The van der Waals surface area contributed by atoms with Crippen LogP contribution in [0.5, 0.6) is 5.75 Å².